The zero-order valence-electron chi connectivity index (χ0n) is 15.7. The second-order valence-corrected chi connectivity index (χ2v) is 7.22. The highest BCUT2D eigenvalue weighted by Gasteiger charge is 2.31. The molecule has 9 nitrogen and oxygen atoms in total. The Labute approximate surface area is 162 Å². The first-order valence-corrected chi connectivity index (χ1v) is 9.47. The number of amides is 3. The van der Waals surface area contributed by atoms with Crippen molar-refractivity contribution in [2.75, 3.05) is 19.7 Å². The minimum atomic E-state index is -0.440. The Kier molecular flexibility index (Phi) is 4.89. The Morgan fingerprint density at radius 3 is 2.93 bits per heavy atom. The van der Waals surface area contributed by atoms with Gasteiger partial charge in [-0.2, -0.15) is 4.98 Å². The molecule has 1 saturated heterocycles. The molecule has 148 valence electrons. The van der Waals surface area contributed by atoms with Gasteiger partial charge in [0.25, 0.3) is 0 Å². The van der Waals surface area contributed by atoms with E-state index in [2.05, 4.69) is 21.5 Å². The molecule has 2 aromatic rings. The van der Waals surface area contributed by atoms with Gasteiger partial charge in [0.2, 0.25) is 11.7 Å². The monoisotopic (exact) mass is 385 g/mol. The predicted octanol–water partition coefficient (Wildman–Crippen LogP) is 2.02. The molecule has 1 aliphatic heterocycles. The van der Waals surface area contributed by atoms with Crippen LogP contribution in [-0.4, -0.2) is 46.9 Å². The van der Waals surface area contributed by atoms with Crippen LogP contribution in [0.4, 0.5) is 9.59 Å². The molecule has 1 fully saturated rings. The van der Waals surface area contributed by atoms with Gasteiger partial charge in [-0.3, -0.25) is 0 Å². The Bertz CT molecular complexity index is 890. The summed E-state index contributed by atoms with van der Waals surface area (Å²) >= 11 is 0. The molecule has 2 aliphatic rings. The SMILES string of the molecule is CCc1nc(-c2ccc3c(c2)CC[C@H]3NC(=O)OCC2CN(C(N)=O)C2)no1. The second kappa shape index (κ2) is 7.49. The maximum Gasteiger partial charge on any atom is 0.407 e. The number of nitrogens with one attached hydrogen (secondary N) is 1. The lowest BCUT2D eigenvalue weighted by Crippen LogP contribution is -2.54. The molecule has 2 heterocycles. The average Bonchev–Trinajstić information content (AvgIpc) is 3.27. The number of aryl methyl sites for hydroxylation is 2. The van der Waals surface area contributed by atoms with E-state index in [0.717, 1.165) is 24.0 Å². The van der Waals surface area contributed by atoms with Gasteiger partial charge in [0.15, 0.2) is 0 Å². The number of likely N-dealkylation sites (tertiary alicyclic amines) is 1. The molecule has 4 rings (SSSR count). The fourth-order valence-electron chi connectivity index (χ4n) is 3.65. The van der Waals surface area contributed by atoms with Gasteiger partial charge in [0.1, 0.15) is 0 Å². The smallest absolute Gasteiger partial charge is 0.407 e. The van der Waals surface area contributed by atoms with Gasteiger partial charge in [-0.1, -0.05) is 24.2 Å². The van der Waals surface area contributed by atoms with Crippen molar-refractivity contribution in [1.29, 1.82) is 0 Å². The summed E-state index contributed by atoms with van der Waals surface area (Å²) in [5.41, 5.74) is 8.35. The summed E-state index contributed by atoms with van der Waals surface area (Å²) < 4.78 is 10.5. The summed E-state index contributed by atoms with van der Waals surface area (Å²) in [6.07, 6.45) is 1.94. The number of rotatable bonds is 5. The van der Waals surface area contributed by atoms with Gasteiger partial charge >= 0.3 is 12.1 Å². The number of carbonyl (C=O) groups is 2. The van der Waals surface area contributed by atoms with Crippen LogP contribution < -0.4 is 11.1 Å². The fourth-order valence-corrected chi connectivity index (χ4v) is 3.65. The Hall–Kier alpha value is -3.10. The molecule has 0 bridgehead atoms. The first-order chi connectivity index (χ1) is 13.5. The minimum Gasteiger partial charge on any atom is -0.449 e. The lowest BCUT2D eigenvalue weighted by atomic mass is 10.0. The highest BCUT2D eigenvalue weighted by Crippen LogP contribution is 2.33. The Morgan fingerprint density at radius 2 is 2.21 bits per heavy atom. The van der Waals surface area contributed by atoms with Crippen LogP contribution in [-0.2, 0) is 17.6 Å². The van der Waals surface area contributed by atoms with E-state index in [1.807, 2.05) is 19.1 Å². The van der Waals surface area contributed by atoms with Gasteiger partial charge in [0, 0.05) is 31.0 Å². The van der Waals surface area contributed by atoms with E-state index in [4.69, 9.17) is 15.0 Å². The lowest BCUT2D eigenvalue weighted by Gasteiger charge is -2.37. The van der Waals surface area contributed by atoms with Crippen LogP contribution in [0, 0.1) is 5.92 Å². The zero-order valence-corrected chi connectivity index (χ0v) is 15.7. The molecule has 0 saturated carbocycles. The molecular formula is C19H23N5O4. The highest BCUT2D eigenvalue weighted by molar-refractivity contribution is 5.73. The Morgan fingerprint density at radius 1 is 1.39 bits per heavy atom. The van der Waals surface area contributed by atoms with Crippen molar-refractivity contribution in [2.45, 2.75) is 32.2 Å². The number of carbonyl (C=O) groups excluding carboxylic acids is 2. The van der Waals surface area contributed by atoms with Gasteiger partial charge in [-0.15, -0.1) is 0 Å². The van der Waals surface area contributed by atoms with E-state index >= 15 is 0 Å². The molecule has 0 spiro atoms. The van der Waals surface area contributed by atoms with Crippen molar-refractivity contribution < 1.29 is 18.8 Å². The van der Waals surface area contributed by atoms with Crippen molar-refractivity contribution in [3.8, 4) is 11.4 Å². The molecular weight excluding hydrogens is 362 g/mol. The molecule has 1 aromatic heterocycles. The summed E-state index contributed by atoms with van der Waals surface area (Å²) in [5, 5.41) is 6.94. The summed E-state index contributed by atoms with van der Waals surface area (Å²) in [4.78, 5) is 29.0. The van der Waals surface area contributed by atoms with E-state index in [0.29, 0.717) is 31.2 Å². The van der Waals surface area contributed by atoms with Gasteiger partial charge in [-0.25, -0.2) is 9.59 Å². The number of hydrogen-bond acceptors (Lipinski definition) is 6. The zero-order chi connectivity index (χ0) is 19.7. The van der Waals surface area contributed by atoms with Crippen LogP contribution in [0.15, 0.2) is 22.7 Å². The fraction of sp³-hybridized carbons (Fsp3) is 0.474. The van der Waals surface area contributed by atoms with E-state index in [9.17, 15) is 9.59 Å². The number of ether oxygens (including phenoxy) is 1. The summed E-state index contributed by atoms with van der Waals surface area (Å²) in [6, 6.07) is 5.49. The molecule has 3 N–H and O–H groups in total. The van der Waals surface area contributed by atoms with Crippen LogP contribution in [0.25, 0.3) is 11.4 Å². The number of nitrogens with zero attached hydrogens (tertiary/aromatic N) is 3. The molecule has 0 unspecified atom stereocenters. The molecule has 1 aromatic carbocycles. The maximum absolute atomic E-state index is 12.1. The van der Waals surface area contributed by atoms with Gasteiger partial charge in [-0.05, 0) is 30.0 Å². The summed E-state index contributed by atoms with van der Waals surface area (Å²) in [7, 11) is 0. The number of primary amides is 1. The minimum absolute atomic E-state index is 0.0727. The third kappa shape index (κ3) is 3.64. The molecule has 3 amide bonds. The van der Waals surface area contributed by atoms with Crippen molar-refractivity contribution in [3.05, 3.63) is 35.2 Å². The van der Waals surface area contributed by atoms with E-state index < -0.39 is 12.1 Å². The first-order valence-electron chi connectivity index (χ1n) is 9.47. The normalized spacial score (nSPS) is 18.5. The first kappa shape index (κ1) is 18.3. The van der Waals surface area contributed by atoms with Crippen molar-refractivity contribution in [2.24, 2.45) is 11.7 Å². The lowest BCUT2D eigenvalue weighted by molar-refractivity contribution is 0.0616. The topological polar surface area (TPSA) is 124 Å². The number of fused-ring (bicyclic) bond motifs is 1. The van der Waals surface area contributed by atoms with E-state index in [1.165, 1.54) is 10.5 Å². The second-order valence-electron chi connectivity index (χ2n) is 7.22. The summed E-state index contributed by atoms with van der Waals surface area (Å²) in [6.45, 7) is 3.32. The number of aromatic nitrogens is 2. The van der Waals surface area contributed by atoms with Gasteiger partial charge in [0.05, 0.1) is 12.6 Å². The van der Waals surface area contributed by atoms with E-state index in [1.54, 1.807) is 0 Å². The molecule has 9 heteroatoms. The number of alkyl carbamates (subject to hydrolysis) is 1. The highest BCUT2D eigenvalue weighted by atomic mass is 16.5. The number of nitrogens with two attached hydrogens (primary N) is 1. The van der Waals surface area contributed by atoms with Gasteiger partial charge < -0.3 is 25.2 Å². The predicted molar refractivity (Wildman–Crippen MR) is 99.3 cm³/mol. The average molecular weight is 385 g/mol. The van der Waals surface area contributed by atoms with Crippen LogP contribution in [0.3, 0.4) is 0 Å². The van der Waals surface area contributed by atoms with Crippen molar-refractivity contribution >= 4 is 12.1 Å². The molecule has 0 radical (unpaired) electrons. The van der Waals surface area contributed by atoms with Crippen molar-refractivity contribution in [3.63, 3.8) is 0 Å². The quantitative estimate of drug-likeness (QED) is 0.811. The van der Waals surface area contributed by atoms with Crippen LogP contribution in [0.1, 0.15) is 36.4 Å². The standard InChI is InChI=1S/C19H23N5O4/c1-2-16-22-17(23-28-16)13-3-5-14-12(7-13)4-6-15(14)21-19(26)27-10-11-8-24(9-11)18(20)25/h3,5,7,11,15H,2,4,6,8-10H2,1H3,(H2,20,25)(H,21,26)/t15-/m1/s1. The third-order valence-corrected chi connectivity index (χ3v) is 5.26. The number of urea groups is 1. The van der Waals surface area contributed by atoms with E-state index in [-0.39, 0.29) is 18.6 Å². The van der Waals surface area contributed by atoms with Crippen LogP contribution in [0.2, 0.25) is 0 Å². The van der Waals surface area contributed by atoms with Crippen LogP contribution >= 0.6 is 0 Å². The number of hydrogen-bond donors (Lipinski definition) is 2. The van der Waals surface area contributed by atoms with Crippen molar-refractivity contribution in [1.82, 2.24) is 20.4 Å². The molecule has 28 heavy (non-hydrogen) atoms. The third-order valence-electron chi connectivity index (χ3n) is 5.26. The number of benzene rings is 1. The molecule has 1 atom stereocenters. The summed E-state index contributed by atoms with van der Waals surface area (Å²) in [5.74, 6) is 1.35. The largest absolute Gasteiger partial charge is 0.449 e. The molecule has 1 aliphatic carbocycles. The Balaban J connectivity index is 1.32. The van der Waals surface area contributed by atoms with Crippen LogP contribution in [0.5, 0.6) is 0 Å². The maximum atomic E-state index is 12.1.